The fourth-order valence-electron chi connectivity index (χ4n) is 2.50. The Morgan fingerprint density at radius 3 is 3.00 bits per heavy atom. The summed E-state index contributed by atoms with van der Waals surface area (Å²) in [6.45, 7) is -0.325. The first-order valence-corrected chi connectivity index (χ1v) is 8.05. The first-order chi connectivity index (χ1) is 12.6. The molecule has 0 saturated heterocycles. The van der Waals surface area contributed by atoms with Gasteiger partial charge < -0.3 is 21.1 Å². The van der Waals surface area contributed by atoms with E-state index in [-0.39, 0.29) is 6.61 Å². The van der Waals surface area contributed by atoms with Crippen LogP contribution in [0, 0.1) is 5.82 Å². The Hall–Kier alpha value is -2.91. The molecule has 2 atom stereocenters. The van der Waals surface area contributed by atoms with E-state index in [1.165, 1.54) is 24.5 Å². The number of nitrogens with zero attached hydrogens (tertiary/aromatic N) is 2. The lowest BCUT2D eigenvalue weighted by molar-refractivity contribution is -0.109. The summed E-state index contributed by atoms with van der Waals surface area (Å²) >= 11 is 5.95. The third-order valence-electron chi connectivity index (χ3n) is 3.72. The SMILES string of the molecule is O=CNC1=CC(NC2=CC(c3cc(Cl)ccc3F)NN=C2CO)N=CN1. The van der Waals surface area contributed by atoms with E-state index < -0.39 is 18.0 Å². The largest absolute Gasteiger partial charge is 0.390 e. The van der Waals surface area contributed by atoms with Crippen molar-refractivity contribution in [3.05, 3.63) is 58.3 Å². The van der Waals surface area contributed by atoms with Gasteiger partial charge in [0, 0.05) is 16.7 Å². The van der Waals surface area contributed by atoms with Gasteiger partial charge in [0.2, 0.25) is 6.41 Å². The highest BCUT2D eigenvalue weighted by atomic mass is 35.5. The molecule has 1 amide bonds. The number of hydrazone groups is 1. The third-order valence-corrected chi connectivity index (χ3v) is 3.96. The Bertz CT molecular complexity index is 819. The van der Waals surface area contributed by atoms with E-state index in [4.69, 9.17) is 11.6 Å². The van der Waals surface area contributed by atoms with Crippen LogP contribution in [0.1, 0.15) is 11.6 Å². The molecule has 8 nitrogen and oxygen atoms in total. The van der Waals surface area contributed by atoms with Crippen LogP contribution in [0.4, 0.5) is 4.39 Å². The van der Waals surface area contributed by atoms with E-state index in [0.717, 1.165) is 0 Å². The maximum absolute atomic E-state index is 14.1. The number of nitrogens with one attached hydrogen (secondary N) is 4. The summed E-state index contributed by atoms with van der Waals surface area (Å²) in [7, 11) is 0. The lowest BCUT2D eigenvalue weighted by Gasteiger charge is -2.26. The van der Waals surface area contributed by atoms with Gasteiger partial charge in [-0.3, -0.25) is 10.2 Å². The maximum atomic E-state index is 14.1. The molecule has 0 saturated carbocycles. The number of amides is 1. The molecule has 0 aromatic heterocycles. The molecule has 0 spiro atoms. The average molecular weight is 379 g/mol. The normalized spacial score (nSPS) is 21.6. The molecule has 2 aliphatic heterocycles. The summed E-state index contributed by atoms with van der Waals surface area (Å²) in [5, 5.41) is 22.4. The standard InChI is InChI=1S/C16H16ClFN6O2/c17-9-1-2-11(18)10(3-9)12-4-13(14(6-25)24-23-12)22-16-5-15(21-8-26)19-7-20-16/h1-5,7-8,12,16,22-23,25H,6H2,(H,19,20)(H,21,26). The Morgan fingerprint density at radius 2 is 2.23 bits per heavy atom. The third kappa shape index (κ3) is 4.01. The Kier molecular flexibility index (Phi) is 5.49. The second-order valence-corrected chi connectivity index (χ2v) is 5.86. The van der Waals surface area contributed by atoms with E-state index in [1.54, 1.807) is 12.2 Å². The van der Waals surface area contributed by atoms with Crippen molar-refractivity contribution in [3.63, 3.8) is 0 Å². The van der Waals surface area contributed by atoms with Crippen LogP contribution in [0.3, 0.4) is 0 Å². The number of benzene rings is 1. The summed E-state index contributed by atoms with van der Waals surface area (Å²) in [5.74, 6) is 0.0318. The van der Waals surface area contributed by atoms with Gasteiger partial charge in [0.15, 0.2) is 0 Å². The lowest BCUT2D eigenvalue weighted by Crippen LogP contribution is -2.39. The van der Waals surface area contributed by atoms with Crippen LogP contribution in [-0.4, -0.2) is 36.3 Å². The second-order valence-electron chi connectivity index (χ2n) is 5.42. The highest BCUT2D eigenvalue weighted by molar-refractivity contribution is 6.30. The van der Waals surface area contributed by atoms with Crippen LogP contribution in [-0.2, 0) is 4.79 Å². The molecule has 1 aromatic carbocycles. The lowest BCUT2D eigenvalue weighted by atomic mass is 10.0. The van der Waals surface area contributed by atoms with Crippen LogP contribution in [0.5, 0.6) is 0 Å². The molecule has 5 N–H and O–H groups in total. The average Bonchev–Trinajstić information content (AvgIpc) is 2.64. The van der Waals surface area contributed by atoms with Gasteiger partial charge in [0.1, 0.15) is 23.5 Å². The molecule has 2 heterocycles. The molecule has 26 heavy (non-hydrogen) atoms. The van der Waals surface area contributed by atoms with Crippen molar-refractivity contribution in [2.24, 2.45) is 10.1 Å². The topological polar surface area (TPSA) is 110 Å². The number of aliphatic imine (C=N–C) groups is 1. The number of rotatable bonds is 6. The van der Waals surface area contributed by atoms with Gasteiger partial charge >= 0.3 is 0 Å². The van der Waals surface area contributed by atoms with E-state index in [0.29, 0.717) is 34.2 Å². The van der Waals surface area contributed by atoms with Crippen LogP contribution < -0.4 is 21.4 Å². The van der Waals surface area contributed by atoms with Crippen molar-refractivity contribution in [1.82, 2.24) is 21.4 Å². The van der Waals surface area contributed by atoms with Gasteiger partial charge in [0.05, 0.1) is 24.7 Å². The minimum Gasteiger partial charge on any atom is -0.390 e. The molecule has 3 rings (SSSR count). The van der Waals surface area contributed by atoms with Crippen LogP contribution >= 0.6 is 11.6 Å². The van der Waals surface area contributed by atoms with E-state index in [1.807, 2.05) is 0 Å². The Labute approximate surface area is 153 Å². The van der Waals surface area contributed by atoms with Crippen LogP contribution in [0.2, 0.25) is 5.02 Å². The van der Waals surface area contributed by atoms with Crippen molar-refractivity contribution < 1.29 is 14.3 Å². The van der Waals surface area contributed by atoms with E-state index >= 15 is 0 Å². The minimum absolute atomic E-state index is 0.324. The van der Waals surface area contributed by atoms with Gasteiger partial charge in [0.25, 0.3) is 0 Å². The van der Waals surface area contributed by atoms with E-state index in [2.05, 4.69) is 31.5 Å². The first kappa shape index (κ1) is 17.9. The summed E-state index contributed by atoms with van der Waals surface area (Å²) in [6.07, 6.45) is 4.78. The predicted molar refractivity (Wildman–Crippen MR) is 95.7 cm³/mol. The van der Waals surface area contributed by atoms with Crippen molar-refractivity contribution in [2.45, 2.75) is 12.2 Å². The molecule has 2 aliphatic rings. The van der Waals surface area contributed by atoms with Gasteiger partial charge in [-0.15, -0.1) is 0 Å². The van der Waals surface area contributed by atoms with Crippen molar-refractivity contribution in [1.29, 1.82) is 0 Å². The highest BCUT2D eigenvalue weighted by Gasteiger charge is 2.22. The van der Waals surface area contributed by atoms with Gasteiger partial charge in [-0.2, -0.15) is 5.10 Å². The summed E-state index contributed by atoms with van der Waals surface area (Å²) in [4.78, 5) is 14.7. The number of halogens is 2. The molecule has 0 aliphatic carbocycles. The maximum Gasteiger partial charge on any atom is 0.212 e. The number of hydrogen-bond acceptors (Lipinski definition) is 7. The molecule has 136 valence electrons. The van der Waals surface area contributed by atoms with Crippen molar-refractivity contribution in [2.75, 3.05) is 6.61 Å². The fourth-order valence-corrected chi connectivity index (χ4v) is 2.68. The Balaban J connectivity index is 1.85. The minimum atomic E-state index is -0.575. The number of hydrogen-bond donors (Lipinski definition) is 5. The van der Waals surface area contributed by atoms with Gasteiger partial charge in [-0.1, -0.05) is 11.6 Å². The quantitative estimate of drug-likeness (QED) is 0.463. The smallest absolute Gasteiger partial charge is 0.212 e. The van der Waals surface area contributed by atoms with Crippen LogP contribution in [0.15, 0.2) is 52.0 Å². The van der Waals surface area contributed by atoms with Crippen molar-refractivity contribution in [3.8, 4) is 0 Å². The van der Waals surface area contributed by atoms with E-state index in [9.17, 15) is 14.3 Å². The molecule has 2 unspecified atom stereocenters. The Morgan fingerprint density at radius 1 is 1.38 bits per heavy atom. The highest BCUT2D eigenvalue weighted by Crippen LogP contribution is 2.25. The van der Waals surface area contributed by atoms with Gasteiger partial charge in [-0.05, 0) is 24.3 Å². The molecule has 0 fully saturated rings. The molecule has 0 bridgehead atoms. The second kappa shape index (κ2) is 7.98. The fraction of sp³-hybridized carbons (Fsp3) is 0.188. The molecular weight excluding hydrogens is 363 g/mol. The zero-order chi connectivity index (χ0) is 18.5. The number of aliphatic hydroxyl groups excluding tert-OH is 1. The molecule has 1 aromatic rings. The summed E-state index contributed by atoms with van der Waals surface area (Å²) in [6, 6.07) is 3.68. The molecule has 10 heteroatoms. The zero-order valence-electron chi connectivity index (χ0n) is 13.4. The first-order valence-electron chi connectivity index (χ1n) is 7.67. The zero-order valence-corrected chi connectivity index (χ0v) is 14.2. The van der Waals surface area contributed by atoms with Crippen LogP contribution in [0.25, 0.3) is 0 Å². The number of aliphatic hydroxyl groups is 1. The number of carbonyl (C=O) groups is 1. The summed E-state index contributed by atoms with van der Waals surface area (Å²) < 4.78 is 14.1. The van der Waals surface area contributed by atoms with Crippen molar-refractivity contribution >= 4 is 30.1 Å². The summed E-state index contributed by atoms with van der Waals surface area (Å²) in [5.41, 5.74) is 3.94. The number of carbonyl (C=O) groups excluding carboxylic acids is 1. The molecular formula is C16H16ClFN6O2. The molecule has 0 radical (unpaired) electrons. The predicted octanol–water partition coefficient (Wildman–Crippen LogP) is 0.490. The monoisotopic (exact) mass is 378 g/mol. The van der Waals surface area contributed by atoms with Gasteiger partial charge in [-0.25, -0.2) is 9.38 Å².